The Labute approximate surface area is 213 Å². The van der Waals surface area contributed by atoms with Gasteiger partial charge in [-0.15, -0.1) is 11.8 Å². The number of hydrogen-bond donors (Lipinski definition) is 4. The van der Waals surface area contributed by atoms with Gasteiger partial charge in [-0.3, -0.25) is 10.1 Å². The lowest BCUT2D eigenvalue weighted by atomic mass is 9.66. The van der Waals surface area contributed by atoms with Crippen molar-refractivity contribution in [2.24, 2.45) is 23.7 Å². The van der Waals surface area contributed by atoms with Crippen LogP contribution in [0.4, 0.5) is 0 Å². The number of nitrogens with zero attached hydrogens (tertiary/aromatic N) is 2. The molecule has 10 nitrogen and oxygen atoms in total. The Morgan fingerprint density at radius 3 is 2.66 bits per heavy atom. The normalized spacial score (nSPS) is 40.4. The second-order valence-corrected chi connectivity index (χ2v) is 13.9. The number of carbonyl (C=O) groups is 1. The van der Waals surface area contributed by atoms with Gasteiger partial charge in [0.15, 0.2) is 0 Å². The average molecular weight is 529 g/mol. The summed E-state index contributed by atoms with van der Waals surface area (Å²) in [6, 6.07) is 2.60. The number of nitrogens with one attached hydrogen (secondary N) is 4. The summed E-state index contributed by atoms with van der Waals surface area (Å²) in [6.45, 7) is 7.20. The Hall–Kier alpha value is -0.940. The second-order valence-electron chi connectivity index (χ2n) is 10.8. The minimum atomic E-state index is -3.50. The third-order valence-corrected chi connectivity index (χ3v) is 11.0. The highest BCUT2D eigenvalue weighted by Crippen LogP contribution is 2.42. The molecular weight excluding hydrogens is 488 g/mol. The third kappa shape index (κ3) is 6.14. The van der Waals surface area contributed by atoms with E-state index >= 15 is 0 Å². The predicted molar refractivity (Wildman–Crippen MR) is 135 cm³/mol. The zero-order valence-electron chi connectivity index (χ0n) is 21.1. The summed E-state index contributed by atoms with van der Waals surface area (Å²) >= 11 is 1.59. The Morgan fingerprint density at radius 1 is 1.23 bits per heavy atom. The van der Waals surface area contributed by atoms with Crippen LogP contribution in [0.15, 0.2) is 0 Å². The van der Waals surface area contributed by atoms with E-state index in [1.54, 1.807) is 18.9 Å². The van der Waals surface area contributed by atoms with E-state index in [0.717, 1.165) is 25.7 Å². The summed E-state index contributed by atoms with van der Waals surface area (Å²) < 4.78 is 35.0. The van der Waals surface area contributed by atoms with Crippen molar-refractivity contribution in [1.82, 2.24) is 25.0 Å². The number of thioether (sulfide) groups is 1. The van der Waals surface area contributed by atoms with Crippen LogP contribution in [0.1, 0.15) is 46.5 Å². The van der Waals surface area contributed by atoms with Crippen LogP contribution in [0, 0.1) is 35.0 Å². The number of hydrogen-bond acceptors (Lipinski definition) is 8. The van der Waals surface area contributed by atoms with Crippen LogP contribution in [0.5, 0.6) is 0 Å². The molecule has 1 saturated carbocycles. The topological polar surface area (TPSA) is 136 Å². The van der Waals surface area contributed by atoms with Crippen LogP contribution >= 0.6 is 11.8 Å². The number of fused-ring (bicyclic) bond motifs is 1. The molecular formula is C23H40N6O4S2. The quantitative estimate of drug-likeness (QED) is 0.377. The van der Waals surface area contributed by atoms with Gasteiger partial charge in [-0.2, -0.15) is 22.7 Å². The molecule has 0 aromatic heterocycles. The molecule has 1 aliphatic carbocycles. The van der Waals surface area contributed by atoms with Crippen molar-refractivity contribution < 1.29 is 17.9 Å². The van der Waals surface area contributed by atoms with Crippen molar-refractivity contribution in [3.05, 3.63) is 0 Å². The first-order valence-electron chi connectivity index (χ1n) is 12.8. The van der Waals surface area contributed by atoms with Gasteiger partial charge in [0.1, 0.15) is 5.50 Å². The fourth-order valence-corrected chi connectivity index (χ4v) is 9.22. The molecule has 1 amide bonds. The fourth-order valence-electron chi connectivity index (χ4n) is 6.26. The summed E-state index contributed by atoms with van der Waals surface area (Å²) in [5.74, 6) is 0.187. The lowest BCUT2D eigenvalue weighted by molar-refractivity contribution is -0.131. The van der Waals surface area contributed by atoms with Crippen molar-refractivity contribution in [3.8, 4) is 6.07 Å². The first-order valence-corrected chi connectivity index (χ1v) is 15.1. The van der Waals surface area contributed by atoms with Crippen LogP contribution < -0.4 is 20.7 Å². The first-order chi connectivity index (χ1) is 16.6. The molecule has 0 aromatic rings. The average Bonchev–Trinajstić information content (AvgIpc) is 3.37. The van der Waals surface area contributed by atoms with Gasteiger partial charge in [0.2, 0.25) is 5.91 Å². The zero-order valence-corrected chi connectivity index (χ0v) is 22.7. The molecule has 35 heavy (non-hydrogen) atoms. The van der Waals surface area contributed by atoms with E-state index in [2.05, 4.69) is 33.7 Å². The second kappa shape index (κ2) is 11.2. The Balaban J connectivity index is 1.37. The zero-order chi connectivity index (χ0) is 25.3. The molecule has 4 N–H and O–H groups in total. The number of nitriles is 1. The Bertz CT molecular complexity index is 898. The van der Waals surface area contributed by atoms with Gasteiger partial charge in [0.05, 0.1) is 18.1 Å². The molecule has 3 aliphatic heterocycles. The lowest BCUT2D eigenvalue weighted by Crippen LogP contribution is -2.55. The van der Waals surface area contributed by atoms with Gasteiger partial charge in [0.25, 0.3) is 10.2 Å². The summed E-state index contributed by atoms with van der Waals surface area (Å²) in [5.41, 5.74) is -0.239. The SMILES string of the molecule is COC1CCC(C#N)CC1C1CC(C)NCC1C(=O)NC1NC2CN(S(=O)(=O)NC(C)C)CC2S1. The van der Waals surface area contributed by atoms with Gasteiger partial charge in [-0.25, -0.2) is 0 Å². The molecule has 4 rings (SSSR count). The highest BCUT2D eigenvalue weighted by molar-refractivity contribution is 8.00. The number of rotatable bonds is 7. The molecule has 198 valence electrons. The van der Waals surface area contributed by atoms with E-state index in [9.17, 15) is 18.5 Å². The fraction of sp³-hybridized carbons (Fsp3) is 0.913. The molecule has 3 saturated heterocycles. The van der Waals surface area contributed by atoms with Crippen LogP contribution in [0.3, 0.4) is 0 Å². The molecule has 0 aromatic carbocycles. The van der Waals surface area contributed by atoms with E-state index in [1.807, 2.05) is 13.8 Å². The van der Waals surface area contributed by atoms with Crippen LogP contribution in [-0.2, 0) is 19.7 Å². The monoisotopic (exact) mass is 528 g/mol. The summed E-state index contributed by atoms with van der Waals surface area (Å²) in [6.07, 6.45) is 3.46. The first kappa shape index (κ1) is 27.1. The highest BCUT2D eigenvalue weighted by Gasteiger charge is 2.48. The lowest BCUT2D eigenvalue weighted by Gasteiger charge is -2.44. The summed E-state index contributed by atoms with van der Waals surface area (Å²) in [4.78, 5) is 13.5. The molecule has 9 atom stereocenters. The van der Waals surface area contributed by atoms with Crippen LogP contribution in [0.25, 0.3) is 0 Å². The van der Waals surface area contributed by atoms with Crippen molar-refractivity contribution >= 4 is 27.9 Å². The minimum absolute atomic E-state index is 0.00180. The largest absolute Gasteiger partial charge is 0.381 e. The molecule has 0 spiro atoms. The molecule has 0 bridgehead atoms. The maximum Gasteiger partial charge on any atom is 0.279 e. The van der Waals surface area contributed by atoms with Crippen molar-refractivity contribution in [2.75, 3.05) is 26.7 Å². The van der Waals surface area contributed by atoms with Gasteiger partial charge in [0, 0.05) is 56.0 Å². The highest BCUT2D eigenvalue weighted by atomic mass is 32.2. The smallest absolute Gasteiger partial charge is 0.279 e. The van der Waals surface area contributed by atoms with E-state index in [0.29, 0.717) is 25.7 Å². The molecule has 3 heterocycles. The summed E-state index contributed by atoms with van der Waals surface area (Å²) in [7, 11) is -1.76. The van der Waals surface area contributed by atoms with Gasteiger partial charge in [-0.05, 0) is 58.3 Å². The van der Waals surface area contributed by atoms with E-state index in [1.165, 1.54) is 4.31 Å². The number of amides is 1. The van der Waals surface area contributed by atoms with E-state index in [-0.39, 0.29) is 58.5 Å². The van der Waals surface area contributed by atoms with Crippen LogP contribution in [0.2, 0.25) is 0 Å². The molecule has 4 fully saturated rings. The minimum Gasteiger partial charge on any atom is -0.381 e. The number of carbonyl (C=O) groups excluding carboxylic acids is 1. The summed E-state index contributed by atoms with van der Waals surface area (Å²) in [5, 5.41) is 19.7. The molecule has 9 unspecified atom stereocenters. The van der Waals surface area contributed by atoms with Gasteiger partial charge in [-0.1, -0.05) is 0 Å². The number of ether oxygens (including phenoxy) is 1. The molecule has 0 radical (unpaired) electrons. The predicted octanol–water partition coefficient (Wildman–Crippen LogP) is 0.587. The number of piperidine rings is 1. The Morgan fingerprint density at radius 2 is 2.00 bits per heavy atom. The van der Waals surface area contributed by atoms with E-state index < -0.39 is 10.2 Å². The van der Waals surface area contributed by atoms with Gasteiger partial charge < -0.3 is 15.4 Å². The van der Waals surface area contributed by atoms with Crippen molar-refractivity contribution in [1.29, 1.82) is 5.26 Å². The van der Waals surface area contributed by atoms with Crippen molar-refractivity contribution in [3.63, 3.8) is 0 Å². The molecule has 12 heteroatoms. The Kier molecular flexibility index (Phi) is 8.68. The standard InChI is InChI=1S/C23H40N6O4S2/c1-13(2)28-35(31,32)29-11-19-21(12-29)34-23(26-19)27-22(30)18-10-25-14(3)7-16(18)17-8-15(9-24)5-6-20(17)33-4/h13-21,23,25-26,28H,5-8,10-12H2,1-4H3,(H,27,30). The maximum atomic E-state index is 13.5. The van der Waals surface area contributed by atoms with Crippen LogP contribution in [-0.4, -0.2) is 80.4 Å². The van der Waals surface area contributed by atoms with E-state index in [4.69, 9.17) is 4.74 Å². The maximum absolute atomic E-state index is 13.5. The van der Waals surface area contributed by atoms with Crippen molar-refractivity contribution in [2.45, 2.75) is 81.4 Å². The third-order valence-electron chi connectivity index (χ3n) is 7.94. The molecule has 4 aliphatic rings. The van der Waals surface area contributed by atoms with Gasteiger partial charge >= 0.3 is 0 Å². The number of methoxy groups -OCH3 is 1.